The fourth-order valence-electron chi connectivity index (χ4n) is 3.87. The number of aromatic hydroxyl groups is 2. The number of H-pyrrole nitrogens is 1. The van der Waals surface area contributed by atoms with Crippen LogP contribution in [-0.2, 0) is 0 Å². The van der Waals surface area contributed by atoms with Crippen LogP contribution in [0.1, 0.15) is 47.9 Å². The highest BCUT2D eigenvalue weighted by Crippen LogP contribution is 2.45. The topological polar surface area (TPSA) is 98.7 Å². The van der Waals surface area contributed by atoms with Crippen molar-refractivity contribution in [1.82, 2.24) is 15.1 Å². The number of para-hydroxylation sites is 1. The monoisotopic (exact) mass is 393 g/mol. The van der Waals surface area contributed by atoms with Gasteiger partial charge in [-0.05, 0) is 43.2 Å². The standard InChI is InChI=1S/C22H23N3O4/c1-3-11-25-21(13-9-10-16(27)17(12-13)29-4-2)18-19(23-24-20(18)22(25)28)14-7-5-6-8-15(14)26/h5-10,12,21,26-27H,3-4,11H2,1-2H3,(H,23,24)/t21-/m1/s1. The predicted octanol–water partition coefficient (Wildman–Crippen LogP) is 3.84. The molecule has 29 heavy (non-hydrogen) atoms. The van der Waals surface area contributed by atoms with Crippen LogP contribution < -0.4 is 4.74 Å². The second-order valence-electron chi connectivity index (χ2n) is 6.94. The van der Waals surface area contributed by atoms with Gasteiger partial charge in [0.15, 0.2) is 11.5 Å². The molecule has 0 bridgehead atoms. The molecule has 0 saturated heterocycles. The van der Waals surface area contributed by atoms with Crippen LogP contribution in [0.5, 0.6) is 17.2 Å². The van der Waals surface area contributed by atoms with Gasteiger partial charge in [0.25, 0.3) is 5.91 Å². The normalized spacial score (nSPS) is 15.6. The van der Waals surface area contributed by atoms with Crippen molar-refractivity contribution in [3.05, 3.63) is 59.3 Å². The predicted molar refractivity (Wildman–Crippen MR) is 108 cm³/mol. The summed E-state index contributed by atoms with van der Waals surface area (Å²) in [4.78, 5) is 14.9. The molecule has 0 saturated carbocycles. The molecule has 1 aliphatic rings. The lowest BCUT2D eigenvalue weighted by Gasteiger charge is -2.26. The molecule has 0 spiro atoms. The molecule has 7 nitrogen and oxygen atoms in total. The molecule has 0 fully saturated rings. The zero-order valence-corrected chi connectivity index (χ0v) is 16.3. The number of hydrogen-bond donors (Lipinski definition) is 3. The Morgan fingerprint density at radius 2 is 1.93 bits per heavy atom. The third-order valence-electron chi connectivity index (χ3n) is 5.09. The van der Waals surface area contributed by atoms with Gasteiger partial charge in [0.05, 0.1) is 12.6 Å². The third kappa shape index (κ3) is 3.08. The average molecular weight is 393 g/mol. The van der Waals surface area contributed by atoms with Crippen molar-refractivity contribution in [2.45, 2.75) is 26.3 Å². The maximum Gasteiger partial charge on any atom is 0.273 e. The minimum atomic E-state index is -0.398. The van der Waals surface area contributed by atoms with Crippen LogP contribution in [0.2, 0.25) is 0 Å². The molecular weight excluding hydrogens is 370 g/mol. The van der Waals surface area contributed by atoms with Crippen LogP contribution >= 0.6 is 0 Å². The maximum absolute atomic E-state index is 13.1. The van der Waals surface area contributed by atoms with E-state index in [0.717, 1.165) is 17.5 Å². The van der Waals surface area contributed by atoms with Gasteiger partial charge in [-0.2, -0.15) is 5.10 Å². The van der Waals surface area contributed by atoms with Gasteiger partial charge in [-0.15, -0.1) is 0 Å². The molecule has 1 aliphatic heterocycles. The first-order valence-electron chi connectivity index (χ1n) is 9.70. The van der Waals surface area contributed by atoms with E-state index in [4.69, 9.17) is 4.74 Å². The SMILES string of the molecule is CCCN1C(=O)c2[nH]nc(-c3ccccc3O)c2[C@H]1c1ccc(O)c(OCC)c1. The molecule has 3 N–H and O–H groups in total. The number of aromatic nitrogens is 2. The van der Waals surface area contributed by atoms with Crippen molar-refractivity contribution in [1.29, 1.82) is 0 Å². The second kappa shape index (κ2) is 7.50. The van der Waals surface area contributed by atoms with E-state index in [1.807, 2.05) is 19.9 Å². The van der Waals surface area contributed by atoms with E-state index < -0.39 is 6.04 Å². The fourth-order valence-corrected chi connectivity index (χ4v) is 3.87. The summed E-state index contributed by atoms with van der Waals surface area (Å²) >= 11 is 0. The molecule has 1 atom stereocenters. The number of fused-ring (bicyclic) bond motifs is 1. The van der Waals surface area contributed by atoms with Gasteiger partial charge in [0, 0.05) is 17.7 Å². The van der Waals surface area contributed by atoms with Crippen molar-refractivity contribution in [3.63, 3.8) is 0 Å². The molecule has 1 amide bonds. The largest absolute Gasteiger partial charge is 0.507 e. The van der Waals surface area contributed by atoms with Crippen molar-refractivity contribution < 1.29 is 19.7 Å². The molecule has 2 aromatic carbocycles. The smallest absolute Gasteiger partial charge is 0.273 e. The summed E-state index contributed by atoms with van der Waals surface area (Å²) in [6.45, 7) is 4.84. The van der Waals surface area contributed by atoms with Crippen molar-refractivity contribution in [3.8, 4) is 28.5 Å². The molecule has 0 unspecified atom stereocenters. The average Bonchev–Trinajstić information content (AvgIpc) is 3.24. The number of aromatic amines is 1. The van der Waals surface area contributed by atoms with E-state index in [1.165, 1.54) is 0 Å². The van der Waals surface area contributed by atoms with E-state index in [2.05, 4.69) is 10.2 Å². The number of carbonyl (C=O) groups excluding carboxylic acids is 1. The van der Waals surface area contributed by atoms with Crippen LogP contribution in [0.3, 0.4) is 0 Å². The molecule has 4 rings (SSSR count). The molecular formula is C22H23N3O4. The first kappa shape index (κ1) is 18.9. The Morgan fingerprint density at radius 1 is 1.14 bits per heavy atom. The van der Waals surface area contributed by atoms with Gasteiger partial charge in [-0.3, -0.25) is 9.89 Å². The summed E-state index contributed by atoms with van der Waals surface area (Å²) in [6, 6.07) is 11.7. The maximum atomic E-state index is 13.1. The van der Waals surface area contributed by atoms with E-state index in [-0.39, 0.29) is 17.4 Å². The number of hydrogen-bond acceptors (Lipinski definition) is 5. The number of carbonyl (C=O) groups is 1. The number of amides is 1. The van der Waals surface area contributed by atoms with Gasteiger partial charge < -0.3 is 19.8 Å². The quantitative estimate of drug-likeness (QED) is 0.591. The third-order valence-corrected chi connectivity index (χ3v) is 5.09. The number of nitrogens with one attached hydrogen (secondary N) is 1. The van der Waals surface area contributed by atoms with Crippen LogP contribution in [0.4, 0.5) is 0 Å². The Hall–Kier alpha value is -3.48. The zero-order chi connectivity index (χ0) is 20.5. The van der Waals surface area contributed by atoms with Crippen molar-refractivity contribution >= 4 is 5.91 Å². The number of ether oxygens (including phenoxy) is 1. The summed E-state index contributed by atoms with van der Waals surface area (Å²) in [5, 5.41) is 27.7. The number of phenols is 2. The minimum absolute atomic E-state index is 0.0512. The zero-order valence-electron chi connectivity index (χ0n) is 16.3. The van der Waals surface area contributed by atoms with Crippen LogP contribution in [-0.4, -0.2) is 44.4 Å². The van der Waals surface area contributed by atoms with Gasteiger partial charge in [-0.1, -0.05) is 25.1 Å². The number of nitrogens with zero attached hydrogens (tertiary/aromatic N) is 2. The Labute approximate surface area is 168 Å². The minimum Gasteiger partial charge on any atom is -0.507 e. The number of rotatable bonds is 6. The molecule has 0 aliphatic carbocycles. The molecule has 0 radical (unpaired) electrons. The van der Waals surface area contributed by atoms with Gasteiger partial charge in [-0.25, -0.2) is 0 Å². The lowest BCUT2D eigenvalue weighted by atomic mass is 9.95. The van der Waals surface area contributed by atoms with E-state index in [0.29, 0.717) is 35.9 Å². The fraction of sp³-hybridized carbons (Fsp3) is 0.273. The lowest BCUT2D eigenvalue weighted by Crippen LogP contribution is -2.30. The Kier molecular flexibility index (Phi) is 4.88. The van der Waals surface area contributed by atoms with Gasteiger partial charge >= 0.3 is 0 Å². The van der Waals surface area contributed by atoms with E-state index in [9.17, 15) is 15.0 Å². The van der Waals surface area contributed by atoms with Crippen molar-refractivity contribution in [2.75, 3.05) is 13.2 Å². The summed E-state index contributed by atoms with van der Waals surface area (Å²) < 4.78 is 5.55. The number of benzene rings is 2. The Bertz CT molecular complexity index is 1060. The van der Waals surface area contributed by atoms with Gasteiger partial charge in [0.1, 0.15) is 17.1 Å². The van der Waals surface area contributed by atoms with Gasteiger partial charge in [0.2, 0.25) is 0 Å². The van der Waals surface area contributed by atoms with E-state index >= 15 is 0 Å². The summed E-state index contributed by atoms with van der Waals surface area (Å²) in [7, 11) is 0. The number of phenolic OH excluding ortho intramolecular Hbond substituents is 2. The second-order valence-corrected chi connectivity index (χ2v) is 6.94. The lowest BCUT2D eigenvalue weighted by molar-refractivity contribution is 0.0743. The summed E-state index contributed by atoms with van der Waals surface area (Å²) in [5.41, 5.74) is 3.06. The van der Waals surface area contributed by atoms with Crippen LogP contribution in [0.15, 0.2) is 42.5 Å². The first-order chi connectivity index (χ1) is 14.1. The molecule has 1 aromatic heterocycles. The summed E-state index contributed by atoms with van der Waals surface area (Å²) in [6.07, 6.45) is 0.794. The highest BCUT2D eigenvalue weighted by Gasteiger charge is 2.42. The molecule has 150 valence electrons. The highest BCUT2D eigenvalue weighted by atomic mass is 16.5. The van der Waals surface area contributed by atoms with Crippen LogP contribution in [0, 0.1) is 0 Å². The molecule has 3 aromatic rings. The van der Waals surface area contributed by atoms with E-state index in [1.54, 1.807) is 41.3 Å². The Balaban J connectivity index is 1.90. The highest BCUT2D eigenvalue weighted by molar-refractivity contribution is 6.00. The van der Waals surface area contributed by atoms with Crippen molar-refractivity contribution in [2.24, 2.45) is 0 Å². The molecule has 7 heteroatoms. The molecule has 2 heterocycles. The summed E-state index contributed by atoms with van der Waals surface area (Å²) in [5.74, 6) is 0.389. The Morgan fingerprint density at radius 3 is 2.66 bits per heavy atom. The first-order valence-corrected chi connectivity index (χ1v) is 9.70. The van der Waals surface area contributed by atoms with Crippen LogP contribution in [0.25, 0.3) is 11.3 Å².